The SMILES string of the molecule is CN=C(NCCS(=O)(=O)NCC1CCCCO1)NCc1ccc(C)cc1OC.I. The number of halogens is 1. The normalized spacial score (nSPS) is 17.3. The molecular formula is C19H33IN4O4S. The van der Waals surface area contributed by atoms with Gasteiger partial charge in [0.1, 0.15) is 5.75 Å². The van der Waals surface area contributed by atoms with Crippen LogP contribution < -0.4 is 20.1 Å². The number of sulfonamides is 1. The van der Waals surface area contributed by atoms with Gasteiger partial charge in [-0.15, -0.1) is 24.0 Å². The van der Waals surface area contributed by atoms with Crippen molar-refractivity contribution in [1.82, 2.24) is 15.4 Å². The average molecular weight is 540 g/mol. The van der Waals surface area contributed by atoms with Gasteiger partial charge in [-0.25, -0.2) is 13.1 Å². The summed E-state index contributed by atoms with van der Waals surface area (Å²) in [6, 6.07) is 5.99. The summed E-state index contributed by atoms with van der Waals surface area (Å²) < 4.78 is 37.9. The van der Waals surface area contributed by atoms with Crippen LogP contribution >= 0.6 is 24.0 Å². The molecule has 3 N–H and O–H groups in total. The summed E-state index contributed by atoms with van der Waals surface area (Å²) in [6.45, 7) is 3.83. The van der Waals surface area contributed by atoms with E-state index in [9.17, 15) is 8.42 Å². The summed E-state index contributed by atoms with van der Waals surface area (Å²) in [5.41, 5.74) is 2.12. The van der Waals surface area contributed by atoms with E-state index in [1.165, 1.54) is 0 Å². The molecule has 0 aliphatic carbocycles. The van der Waals surface area contributed by atoms with Gasteiger partial charge in [0, 0.05) is 38.9 Å². The first-order valence-corrected chi connectivity index (χ1v) is 11.3. The van der Waals surface area contributed by atoms with Crippen LogP contribution in [0.25, 0.3) is 0 Å². The Morgan fingerprint density at radius 1 is 1.31 bits per heavy atom. The van der Waals surface area contributed by atoms with Crippen molar-refractivity contribution < 1.29 is 17.9 Å². The van der Waals surface area contributed by atoms with Crippen LogP contribution in [0, 0.1) is 6.92 Å². The standard InChI is InChI=1S/C19H32N4O4S.HI/c1-15-7-8-16(18(12-15)26-3)13-22-19(20-2)21-9-11-28(24,25)23-14-17-6-4-5-10-27-17;/h7-8,12,17,23H,4-6,9-11,13-14H2,1-3H3,(H2,20,21,22);1H. The monoisotopic (exact) mass is 540 g/mol. The van der Waals surface area contributed by atoms with Gasteiger partial charge in [-0.05, 0) is 37.8 Å². The van der Waals surface area contributed by atoms with Crippen LogP contribution in [-0.4, -0.2) is 60.1 Å². The molecule has 1 atom stereocenters. The molecule has 29 heavy (non-hydrogen) atoms. The number of hydrogen-bond donors (Lipinski definition) is 3. The van der Waals surface area contributed by atoms with E-state index in [0.717, 1.165) is 36.1 Å². The van der Waals surface area contributed by atoms with Gasteiger partial charge in [0.15, 0.2) is 5.96 Å². The largest absolute Gasteiger partial charge is 0.496 e. The Morgan fingerprint density at radius 3 is 2.76 bits per heavy atom. The van der Waals surface area contributed by atoms with Crippen molar-refractivity contribution in [3.05, 3.63) is 29.3 Å². The molecular weight excluding hydrogens is 507 g/mol. The highest BCUT2D eigenvalue weighted by Crippen LogP contribution is 2.19. The number of hydrogen-bond acceptors (Lipinski definition) is 5. The van der Waals surface area contributed by atoms with Crippen molar-refractivity contribution in [2.45, 2.75) is 38.8 Å². The van der Waals surface area contributed by atoms with Gasteiger partial charge in [0.05, 0.1) is 19.0 Å². The number of guanidine groups is 1. The van der Waals surface area contributed by atoms with E-state index in [0.29, 0.717) is 25.7 Å². The molecule has 0 amide bonds. The lowest BCUT2D eigenvalue weighted by molar-refractivity contribution is 0.0200. The quantitative estimate of drug-likeness (QED) is 0.251. The van der Waals surface area contributed by atoms with Crippen LogP contribution in [0.2, 0.25) is 0 Å². The first kappa shape index (κ1) is 25.9. The van der Waals surface area contributed by atoms with Gasteiger partial charge >= 0.3 is 0 Å². The summed E-state index contributed by atoms with van der Waals surface area (Å²) in [4.78, 5) is 4.13. The summed E-state index contributed by atoms with van der Waals surface area (Å²) in [5, 5.41) is 6.20. The Bertz CT molecular complexity index is 753. The Hall–Kier alpha value is -1.11. The van der Waals surface area contributed by atoms with Gasteiger partial charge in [-0.2, -0.15) is 0 Å². The minimum atomic E-state index is -3.36. The summed E-state index contributed by atoms with van der Waals surface area (Å²) in [6.07, 6.45) is 3.02. The third kappa shape index (κ3) is 9.49. The molecule has 0 radical (unpaired) electrons. The highest BCUT2D eigenvalue weighted by atomic mass is 127. The second kappa shape index (κ2) is 13.2. The first-order valence-electron chi connectivity index (χ1n) is 9.60. The van der Waals surface area contributed by atoms with E-state index in [2.05, 4.69) is 20.3 Å². The Labute approximate surface area is 191 Å². The number of nitrogens with one attached hydrogen (secondary N) is 3. The number of rotatable bonds is 9. The van der Waals surface area contributed by atoms with E-state index in [1.54, 1.807) is 14.2 Å². The molecule has 0 bridgehead atoms. The van der Waals surface area contributed by atoms with Gasteiger partial charge < -0.3 is 20.1 Å². The predicted octanol–water partition coefficient (Wildman–Crippen LogP) is 1.78. The molecule has 2 rings (SSSR count). The maximum atomic E-state index is 12.2. The van der Waals surface area contributed by atoms with Crippen molar-refractivity contribution in [2.75, 3.05) is 39.6 Å². The lowest BCUT2D eigenvalue weighted by Gasteiger charge is -2.22. The van der Waals surface area contributed by atoms with Crippen LogP contribution in [0.4, 0.5) is 0 Å². The zero-order valence-corrected chi connectivity index (χ0v) is 20.5. The molecule has 1 aromatic carbocycles. The van der Waals surface area contributed by atoms with Crippen LogP contribution in [-0.2, 0) is 21.3 Å². The molecule has 10 heteroatoms. The van der Waals surface area contributed by atoms with E-state index in [1.807, 2.05) is 25.1 Å². The molecule has 166 valence electrons. The van der Waals surface area contributed by atoms with Crippen LogP contribution in [0.1, 0.15) is 30.4 Å². The fourth-order valence-electron chi connectivity index (χ4n) is 2.96. The fourth-order valence-corrected chi connectivity index (χ4v) is 3.92. The topological polar surface area (TPSA) is 101 Å². The van der Waals surface area contributed by atoms with Gasteiger partial charge in [0.25, 0.3) is 0 Å². The molecule has 1 aliphatic rings. The summed E-state index contributed by atoms with van der Waals surface area (Å²) in [7, 11) is -0.0745. The molecule has 1 heterocycles. The van der Waals surface area contributed by atoms with Crippen molar-refractivity contribution in [3.8, 4) is 5.75 Å². The number of benzene rings is 1. The first-order chi connectivity index (χ1) is 13.4. The van der Waals surface area contributed by atoms with Gasteiger partial charge in [-0.1, -0.05) is 12.1 Å². The number of methoxy groups -OCH3 is 1. The smallest absolute Gasteiger partial charge is 0.213 e. The number of aliphatic imine (C=N–C) groups is 1. The number of nitrogens with zero attached hydrogens (tertiary/aromatic N) is 1. The molecule has 1 aliphatic heterocycles. The zero-order valence-electron chi connectivity index (χ0n) is 17.4. The lowest BCUT2D eigenvalue weighted by Crippen LogP contribution is -2.42. The molecule has 0 aromatic heterocycles. The second-order valence-corrected chi connectivity index (χ2v) is 8.75. The van der Waals surface area contributed by atoms with E-state index in [-0.39, 0.29) is 42.4 Å². The average Bonchev–Trinajstić information content (AvgIpc) is 2.70. The Balaban J connectivity index is 0.00000420. The van der Waals surface area contributed by atoms with Crippen LogP contribution in [0.3, 0.4) is 0 Å². The number of aryl methyl sites for hydroxylation is 1. The van der Waals surface area contributed by atoms with Crippen LogP contribution in [0.5, 0.6) is 5.75 Å². The molecule has 1 unspecified atom stereocenters. The maximum absolute atomic E-state index is 12.2. The highest BCUT2D eigenvalue weighted by molar-refractivity contribution is 14.0. The minimum absolute atomic E-state index is 0. The van der Waals surface area contributed by atoms with Gasteiger partial charge in [0.2, 0.25) is 10.0 Å². The van der Waals surface area contributed by atoms with Crippen LogP contribution in [0.15, 0.2) is 23.2 Å². The highest BCUT2D eigenvalue weighted by Gasteiger charge is 2.17. The van der Waals surface area contributed by atoms with E-state index in [4.69, 9.17) is 9.47 Å². The molecule has 1 saturated heterocycles. The van der Waals surface area contributed by atoms with Gasteiger partial charge in [-0.3, -0.25) is 4.99 Å². The van der Waals surface area contributed by atoms with Crippen molar-refractivity contribution >= 4 is 40.0 Å². The molecule has 8 nitrogen and oxygen atoms in total. The third-order valence-corrected chi connectivity index (χ3v) is 5.93. The van der Waals surface area contributed by atoms with Crippen molar-refractivity contribution in [1.29, 1.82) is 0 Å². The molecule has 0 spiro atoms. The zero-order chi connectivity index (χ0) is 20.4. The molecule has 1 aromatic rings. The number of ether oxygens (including phenoxy) is 2. The third-order valence-electron chi connectivity index (χ3n) is 4.58. The minimum Gasteiger partial charge on any atom is -0.496 e. The molecule has 0 saturated carbocycles. The predicted molar refractivity (Wildman–Crippen MR) is 127 cm³/mol. The maximum Gasteiger partial charge on any atom is 0.213 e. The van der Waals surface area contributed by atoms with E-state index >= 15 is 0 Å². The van der Waals surface area contributed by atoms with E-state index < -0.39 is 10.0 Å². The summed E-state index contributed by atoms with van der Waals surface area (Å²) in [5.74, 6) is 1.31. The summed E-state index contributed by atoms with van der Waals surface area (Å²) >= 11 is 0. The van der Waals surface area contributed by atoms with Crippen molar-refractivity contribution in [2.24, 2.45) is 4.99 Å². The Morgan fingerprint density at radius 2 is 2.10 bits per heavy atom. The lowest BCUT2D eigenvalue weighted by atomic mass is 10.1. The van der Waals surface area contributed by atoms with Crippen molar-refractivity contribution in [3.63, 3.8) is 0 Å². The second-order valence-electron chi connectivity index (χ2n) is 6.82. The fraction of sp³-hybridized carbons (Fsp3) is 0.632. The Kier molecular flexibility index (Phi) is 11.8. The molecule has 1 fully saturated rings.